The second kappa shape index (κ2) is 6.20. The summed E-state index contributed by atoms with van der Waals surface area (Å²) in [5.74, 6) is 0.524. The lowest BCUT2D eigenvalue weighted by molar-refractivity contribution is 0.0872. The van der Waals surface area contributed by atoms with Gasteiger partial charge >= 0.3 is 0 Å². The van der Waals surface area contributed by atoms with Crippen LogP contribution in [0.4, 0.5) is 0 Å². The first-order valence-corrected chi connectivity index (χ1v) is 7.84. The summed E-state index contributed by atoms with van der Waals surface area (Å²) in [5, 5.41) is 3.89. The maximum absolute atomic E-state index is 12.4. The third-order valence-electron chi connectivity index (χ3n) is 3.44. The van der Waals surface area contributed by atoms with Crippen molar-refractivity contribution in [3.05, 3.63) is 34.5 Å². The molecule has 1 heterocycles. The predicted octanol–water partition coefficient (Wildman–Crippen LogP) is 3.69. The third-order valence-corrected chi connectivity index (χ3v) is 4.07. The summed E-state index contributed by atoms with van der Waals surface area (Å²) in [4.78, 5) is 12.4. The fraction of sp³-hybridized carbons (Fsp3) is 0.438. The van der Waals surface area contributed by atoms with Crippen LogP contribution in [-0.4, -0.2) is 18.0 Å². The molecule has 1 aromatic carbocycles. The number of para-hydroxylation sites is 1. The smallest absolute Gasteiger partial charge is 0.287 e. The van der Waals surface area contributed by atoms with Crippen molar-refractivity contribution in [1.82, 2.24) is 5.32 Å². The zero-order valence-corrected chi connectivity index (χ0v) is 14.2. The van der Waals surface area contributed by atoms with E-state index in [9.17, 15) is 4.79 Å². The Hall–Kier alpha value is -1.33. The van der Waals surface area contributed by atoms with Crippen LogP contribution >= 0.6 is 15.9 Å². The summed E-state index contributed by atoms with van der Waals surface area (Å²) < 4.78 is 6.49. The minimum Gasteiger partial charge on any atom is -0.450 e. The molecule has 0 bridgehead atoms. The van der Waals surface area contributed by atoms with Crippen LogP contribution in [0.5, 0.6) is 0 Å². The maximum atomic E-state index is 12.4. The van der Waals surface area contributed by atoms with E-state index in [2.05, 4.69) is 35.1 Å². The average molecular weight is 353 g/mol. The van der Waals surface area contributed by atoms with Gasteiger partial charge in [0.25, 0.3) is 5.91 Å². The van der Waals surface area contributed by atoms with E-state index >= 15 is 0 Å². The summed E-state index contributed by atoms with van der Waals surface area (Å²) in [7, 11) is 0. The Balaban J connectivity index is 2.24. The molecule has 114 valence electrons. The normalized spacial score (nSPS) is 14.4. The molecule has 0 saturated heterocycles. The Morgan fingerprint density at radius 1 is 1.48 bits per heavy atom. The maximum Gasteiger partial charge on any atom is 0.287 e. The molecule has 4 nitrogen and oxygen atoms in total. The lowest BCUT2D eigenvalue weighted by Gasteiger charge is -2.30. The van der Waals surface area contributed by atoms with Gasteiger partial charge in [-0.05, 0) is 47.3 Å². The molecule has 2 rings (SSSR count). The molecule has 21 heavy (non-hydrogen) atoms. The first-order valence-electron chi connectivity index (χ1n) is 7.05. The van der Waals surface area contributed by atoms with Crippen molar-refractivity contribution in [3.63, 3.8) is 0 Å². The molecule has 2 aromatic rings. The van der Waals surface area contributed by atoms with Gasteiger partial charge in [0.05, 0.1) is 10.0 Å². The lowest BCUT2D eigenvalue weighted by Crippen LogP contribution is -2.52. The second-order valence-electron chi connectivity index (χ2n) is 6.09. The number of rotatable bonds is 5. The van der Waals surface area contributed by atoms with Gasteiger partial charge in [0.2, 0.25) is 0 Å². The van der Waals surface area contributed by atoms with E-state index in [0.29, 0.717) is 23.8 Å². The van der Waals surface area contributed by atoms with Gasteiger partial charge in [-0.2, -0.15) is 0 Å². The predicted molar refractivity (Wildman–Crippen MR) is 88.3 cm³/mol. The van der Waals surface area contributed by atoms with Crippen LogP contribution in [0.3, 0.4) is 0 Å². The Bertz CT molecular complexity index is 651. The number of furan rings is 1. The molecule has 0 aliphatic rings. The first kappa shape index (κ1) is 16.0. The lowest BCUT2D eigenvalue weighted by atomic mass is 9.90. The molecular formula is C16H21BrN2O2. The van der Waals surface area contributed by atoms with E-state index in [1.807, 2.05) is 25.1 Å². The molecule has 3 N–H and O–H groups in total. The van der Waals surface area contributed by atoms with Crippen LogP contribution in [-0.2, 0) is 0 Å². The molecule has 1 unspecified atom stereocenters. The average Bonchev–Trinajstić information content (AvgIpc) is 2.83. The van der Waals surface area contributed by atoms with Gasteiger partial charge in [0.15, 0.2) is 5.76 Å². The van der Waals surface area contributed by atoms with E-state index in [4.69, 9.17) is 10.2 Å². The molecule has 5 heteroatoms. The van der Waals surface area contributed by atoms with Crippen molar-refractivity contribution in [2.45, 2.75) is 32.7 Å². The van der Waals surface area contributed by atoms with Gasteiger partial charge in [-0.15, -0.1) is 0 Å². The number of halogens is 1. The van der Waals surface area contributed by atoms with Crippen LogP contribution < -0.4 is 11.1 Å². The number of carbonyl (C=O) groups excluding carboxylic acids is 1. The standard InChI is InChI=1S/C16H21BrN2O2/c1-10(2)8-16(3,9-18)19-15(20)13-7-11-5-4-6-12(17)14(11)21-13/h4-7,10H,8-9,18H2,1-3H3,(H,19,20). The zero-order chi connectivity index (χ0) is 15.6. The number of amides is 1. The first-order chi connectivity index (χ1) is 9.84. The van der Waals surface area contributed by atoms with E-state index in [-0.39, 0.29) is 5.91 Å². The summed E-state index contributed by atoms with van der Waals surface area (Å²) in [5.41, 5.74) is 6.08. The zero-order valence-electron chi connectivity index (χ0n) is 12.6. The van der Waals surface area contributed by atoms with Gasteiger partial charge in [-0.25, -0.2) is 0 Å². The highest BCUT2D eigenvalue weighted by atomic mass is 79.9. The van der Waals surface area contributed by atoms with Gasteiger partial charge in [-0.3, -0.25) is 4.79 Å². The molecule has 0 aliphatic carbocycles. The van der Waals surface area contributed by atoms with Crippen LogP contribution in [0.15, 0.2) is 33.2 Å². The Kier molecular flexibility index (Phi) is 4.74. The van der Waals surface area contributed by atoms with Crippen molar-refractivity contribution < 1.29 is 9.21 Å². The number of hydrogen-bond donors (Lipinski definition) is 2. The molecule has 0 radical (unpaired) electrons. The Labute approximate surface area is 133 Å². The van der Waals surface area contributed by atoms with Gasteiger partial charge in [0, 0.05) is 11.9 Å². The molecule has 1 atom stereocenters. The number of hydrogen-bond acceptors (Lipinski definition) is 3. The number of nitrogens with two attached hydrogens (primary N) is 1. The third kappa shape index (κ3) is 3.66. The van der Waals surface area contributed by atoms with Crippen LogP contribution in [0.1, 0.15) is 37.7 Å². The molecule has 0 saturated carbocycles. The van der Waals surface area contributed by atoms with Gasteiger partial charge < -0.3 is 15.5 Å². The highest BCUT2D eigenvalue weighted by Gasteiger charge is 2.27. The minimum atomic E-state index is -0.429. The van der Waals surface area contributed by atoms with E-state index in [1.165, 1.54) is 0 Å². The van der Waals surface area contributed by atoms with Crippen LogP contribution in [0, 0.1) is 5.92 Å². The summed E-state index contributed by atoms with van der Waals surface area (Å²) >= 11 is 3.42. The SMILES string of the molecule is CC(C)CC(C)(CN)NC(=O)c1cc2cccc(Br)c2o1. The van der Waals surface area contributed by atoms with Crippen molar-refractivity contribution in [2.75, 3.05) is 6.54 Å². The summed E-state index contributed by atoms with van der Waals surface area (Å²) in [6.07, 6.45) is 0.819. The quantitative estimate of drug-likeness (QED) is 0.861. The van der Waals surface area contributed by atoms with Crippen molar-refractivity contribution in [1.29, 1.82) is 0 Å². The van der Waals surface area contributed by atoms with Crippen molar-refractivity contribution >= 4 is 32.8 Å². The minimum absolute atomic E-state index is 0.230. The second-order valence-corrected chi connectivity index (χ2v) is 6.94. The molecule has 0 fully saturated rings. The molecule has 0 aliphatic heterocycles. The Morgan fingerprint density at radius 3 is 2.76 bits per heavy atom. The van der Waals surface area contributed by atoms with Crippen molar-refractivity contribution in [2.24, 2.45) is 11.7 Å². The number of benzene rings is 1. The van der Waals surface area contributed by atoms with Gasteiger partial charge in [-0.1, -0.05) is 26.0 Å². The topological polar surface area (TPSA) is 68.3 Å². The summed E-state index contributed by atoms with van der Waals surface area (Å²) in [6.45, 7) is 6.57. The van der Waals surface area contributed by atoms with E-state index < -0.39 is 5.54 Å². The molecule has 1 aromatic heterocycles. The number of nitrogens with one attached hydrogen (secondary N) is 1. The largest absolute Gasteiger partial charge is 0.450 e. The molecule has 1 amide bonds. The van der Waals surface area contributed by atoms with Gasteiger partial charge in [0.1, 0.15) is 5.58 Å². The fourth-order valence-corrected chi connectivity index (χ4v) is 3.02. The summed E-state index contributed by atoms with van der Waals surface area (Å²) in [6, 6.07) is 7.46. The van der Waals surface area contributed by atoms with Crippen LogP contribution in [0.25, 0.3) is 11.0 Å². The number of carbonyl (C=O) groups is 1. The van der Waals surface area contributed by atoms with E-state index in [0.717, 1.165) is 16.3 Å². The fourth-order valence-electron chi connectivity index (χ4n) is 2.56. The Morgan fingerprint density at radius 2 is 2.19 bits per heavy atom. The highest BCUT2D eigenvalue weighted by Crippen LogP contribution is 2.27. The van der Waals surface area contributed by atoms with E-state index in [1.54, 1.807) is 6.07 Å². The van der Waals surface area contributed by atoms with Crippen molar-refractivity contribution in [3.8, 4) is 0 Å². The molecular weight excluding hydrogens is 332 g/mol. The highest BCUT2D eigenvalue weighted by molar-refractivity contribution is 9.10. The van der Waals surface area contributed by atoms with Crippen LogP contribution in [0.2, 0.25) is 0 Å². The molecule has 0 spiro atoms. The monoisotopic (exact) mass is 352 g/mol. The number of fused-ring (bicyclic) bond motifs is 1.